The van der Waals surface area contributed by atoms with Crippen molar-refractivity contribution in [3.8, 4) is 0 Å². The summed E-state index contributed by atoms with van der Waals surface area (Å²) in [6.07, 6.45) is 3.31. The van der Waals surface area contributed by atoms with Gasteiger partial charge in [0.05, 0.1) is 6.26 Å². The van der Waals surface area contributed by atoms with Crippen molar-refractivity contribution in [2.24, 2.45) is 0 Å². The third-order valence-corrected chi connectivity index (χ3v) is 3.64. The maximum atomic E-state index is 12.3. The first-order chi connectivity index (χ1) is 9.97. The van der Waals surface area contributed by atoms with E-state index in [2.05, 4.69) is 5.32 Å². The van der Waals surface area contributed by atoms with Crippen LogP contribution in [0.3, 0.4) is 0 Å². The predicted octanol–water partition coefficient (Wildman–Crippen LogP) is 3.23. The number of hydrogen-bond acceptors (Lipinski definition) is 3. The Balaban J connectivity index is 1.96. The molecule has 2 aromatic rings. The highest BCUT2D eigenvalue weighted by atomic mass is 16.3. The van der Waals surface area contributed by atoms with E-state index in [-0.39, 0.29) is 11.9 Å². The summed E-state index contributed by atoms with van der Waals surface area (Å²) in [5, 5.41) is 3.01. The molecule has 112 valence electrons. The van der Waals surface area contributed by atoms with Gasteiger partial charge in [0, 0.05) is 23.7 Å². The molecular weight excluding hydrogens is 264 g/mol. The van der Waals surface area contributed by atoms with Crippen LogP contribution in [0.1, 0.15) is 40.6 Å². The van der Waals surface area contributed by atoms with E-state index in [0.717, 1.165) is 29.7 Å². The van der Waals surface area contributed by atoms with Gasteiger partial charge >= 0.3 is 0 Å². The lowest BCUT2D eigenvalue weighted by Gasteiger charge is -2.15. The van der Waals surface area contributed by atoms with Crippen molar-refractivity contribution in [3.05, 3.63) is 53.0 Å². The summed E-state index contributed by atoms with van der Waals surface area (Å²) in [4.78, 5) is 12.3. The molecule has 0 saturated carbocycles. The Bertz CT molecular complexity index is 618. The number of hydrogen-bond donors (Lipinski definition) is 2. The zero-order valence-corrected chi connectivity index (χ0v) is 12.8. The molecule has 1 atom stereocenters. The summed E-state index contributed by atoms with van der Waals surface area (Å²) in [7, 11) is 0. The highest BCUT2D eigenvalue weighted by Crippen LogP contribution is 2.18. The zero-order chi connectivity index (χ0) is 15.4. The first-order valence-corrected chi connectivity index (χ1v) is 7.17. The SMILES string of the molecule is Cc1cc(C)c(C(=O)NC(C)CCc2ccco2)cc1N. The molecule has 1 aromatic carbocycles. The van der Waals surface area contributed by atoms with Gasteiger partial charge in [0.25, 0.3) is 5.91 Å². The van der Waals surface area contributed by atoms with Crippen molar-refractivity contribution < 1.29 is 9.21 Å². The lowest BCUT2D eigenvalue weighted by atomic mass is 10.0. The van der Waals surface area contributed by atoms with E-state index in [1.165, 1.54) is 0 Å². The topological polar surface area (TPSA) is 68.3 Å². The number of nitrogens with two attached hydrogens (primary N) is 1. The Kier molecular flexibility index (Phi) is 4.68. The van der Waals surface area contributed by atoms with E-state index in [0.29, 0.717) is 11.3 Å². The molecule has 4 nitrogen and oxygen atoms in total. The first kappa shape index (κ1) is 15.2. The predicted molar refractivity (Wildman–Crippen MR) is 84.3 cm³/mol. The third kappa shape index (κ3) is 3.88. The van der Waals surface area contributed by atoms with Gasteiger partial charge in [0.1, 0.15) is 5.76 Å². The first-order valence-electron chi connectivity index (χ1n) is 7.17. The summed E-state index contributed by atoms with van der Waals surface area (Å²) in [5.74, 6) is 0.859. The fraction of sp³-hybridized carbons (Fsp3) is 0.353. The van der Waals surface area contributed by atoms with Crippen LogP contribution in [0.2, 0.25) is 0 Å². The number of rotatable bonds is 5. The quantitative estimate of drug-likeness (QED) is 0.829. The molecule has 2 rings (SSSR count). The maximum Gasteiger partial charge on any atom is 0.251 e. The number of benzene rings is 1. The van der Waals surface area contributed by atoms with Gasteiger partial charge in [-0.25, -0.2) is 0 Å². The number of furan rings is 1. The van der Waals surface area contributed by atoms with Crippen LogP contribution in [0, 0.1) is 13.8 Å². The molecule has 0 aliphatic carbocycles. The van der Waals surface area contributed by atoms with E-state index >= 15 is 0 Å². The fourth-order valence-corrected chi connectivity index (χ4v) is 2.30. The molecule has 0 aliphatic rings. The molecule has 1 unspecified atom stereocenters. The molecule has 0 fully saturated rings. The Morgan fingerprint density at radius 2 is 2.10 bits per heavy atom. The summed E-state index contributed by atoms with van der Waals surface area (Å²) in [6, 6.07) is 7.58. The summed E-state index contributed by atoms with van der Waals surface area (Å²) >= 11 is 0. The molecule has 3 N–H and O–H groups in total. The van der Waals surface area contributed by atoms with Gasteiger partial charge in [-0.05, 0) is 56.5 Å². The molecule has 1 aromatic heterocycles. The second-order valence-electron chi connectivity index (χ2n) is 5.52. The Labute approximate surface area is 125 Å². The van der Waals surface area contributed by atoms with Crippen LogP contribution in [-0.4, -0.2) is 11.9 Å². The van der Waals surface area contributed by atoms with E-state index in [1.54, 1.807) is 12.3 Å². The molecule has 0 radical (unpaired) electrons. The number of carbonyl (C=O) groups is 1. The average molecular weight is 286 g/mol. The van der Waals surface area contributed by atoms with Gasteiger partial charge in [0.15, 0.2) is 0 Å². The molecule has 4 heteroatoms. The van der Waals surface area contributed by atoms with Crippen LogP contribution >= 0.6 is 0 Å². The van der Waals surface area contributed by atoms with Crippen LogP contribution in [0.15, 0.2) is 34.9 Å². The zero-order valence-electron chi connectivity index (χ0n) is 12.8. The minimum Gasteiger partial charge on any atom is -0.469 e. The van der Waals surface area contributed by atoms with Gasteiger partial charge in [-0.3, -0.25) is 4.79 Å². The molecule has 21 heavy (non-hydrogen) atoms. The smallest absolute Gasteiger partial charge is 0.251 e. The lowest BCUT2D eigenvalue weighted by molar-refractivity contribution is 0.0937. The molecule has 1 amide bonds. The standard InChI is InChI=1S/C17H22N2O2/c1-11-9-12(2)16(18)10-15(11)17(20)19-13(3)6-7-14-5-4-8-21-14/h4-5,8-10,13H,6-7,18H2,1-3H3,(H,19,20). The van der Waals surface area contributed by atoms with Crippen LogP contribution < -0.4 is 11.1 Å². The number of anilines is 1. The minimum atomic E-state index is -0.0776. The second kappa shape index (κ2) is 6.48. The van der Waals surface area contributed by atoms with Crippen molar-refractivity contribution in [3.63, 3.8) is 0 Å². The summed E-state index contributed by atoms with van der Waals surface area (Å²) in [5.41, 5.74) is 9.11. The Morgan fingerprint density at radius 3 is 2.76 bits per heavy atom. The van der Waals surface area contributed by atoms with Crippen LogP contribution in [0.4, 0.5) is 5.69 Å². The number of carbonyl (C=O) groups excluding carboxylic acids is 1. The number of amides is 1. The highest BCUT2D eigenvalue weighted by molar-refractivity contribution is 5.96. The maximum absolute atomic E-state index is 12.3. The van der Waals surface area contributed by atoms with Gasteiger partial charge < -0.3 is 15.5 Å². The number of aryl methyl sites for hydroxylation is 3. The lowest BCUT2D eigenvalue weighted by Crippen LogP contribution is -2.33. The number of nitrogen functional groups attached to an aromatic ring is 1. The largest absolute Gasteiger partial charge is 0.469 e. The van der Waals surface area contributed by atoms with E-state index in [4.69, 9.17) is 10.2 Å². The summed E-state index contributed by atoms with van der Waals surface area (Å²) < 4.78 is 5.29. The van der Waals surface area contributed by atoms with Gasteiger partial charge in [-0.1, -0.05) is 6.07 Å². The van der Waals surface area contributed by atoms with Crippen molar-refractivity contribution in [2.45, 2.75) is 39.7 Å². The highest BCUT2D eigenvalue weighted by Gasteiger charge is 2.14. The molecular formula is C17H22N2O2. The van der Waals surface area contributed by atoms with Gasteiger partial charge in [-0.15, -0.1) is 0 Å². The van der Waals surface area contributed by atoms with Crippen LogP contribution in [0.25, 0.3) is 0 Å². The molecule has 0 aliphatic heterocycles. The molecule has 1 heterocycles. The molecule has 0 saturated heterocycles. The average Bonchev–Trinajstić information content (AvgIpc) is 2.93. The van der Waals surface area contributed by atoms with Crippen LogP contribution in [0.5, 0.6) is 0 Å². The molecule has 0 bridgehead atoms. The van der Waals surface area contributed by atoms with E-state index < -0.39 is 0 Å². The van der Waals surface area contributed by atoms with Crippen molar-refractivity contribution >= 4 is 11.6 Å². The van der Waals surface area contributed by atoms with Gasteiger partial charge in [0.2, 0.25) is 0 Å². The van der Waals surface area contributed by atoms with E-state index in [9.17, 15) is 4.79 Å². The third-order valence-electron chi connectivity index (χ3n) is 3.64. The fourth-order valence-electron chi connectivity index (χ4n) is 2.30. The second-order valence-corrected chi connectivity index (χ2v) is 5.52. The Morgan fingerprint density at radius 1 is 1.33 bits per heavy atom. The van der Waals surface area contributed by atoms with E-state index in [1.807, 2.05) is 39.0 Å². The minimum absolute atomic E-state index is 0.0736. The van der Waals surface area contributed by atoms with Crippen molar-refractivity contribution in [1.82, 2.24) is 5.32 Å². The normalized spacial score (nSPS) is 12.1. The molecule has 0 spiro atoms. The van der Waals surface area contributed by atoms with Crippen molar-refractivity contribution in [1.29, 1.82) is 0 Å². The van der Waals surface area contributed by atoms with Crippen molar-refractivity contribution in [2.75, 3.05) is 5.73 Å². The number of nitrogens with one attached hydrogen (secondary N) is 1. The van der Waals surface area contributed by atoms with Crippen LogP contribution in [-0.2, 0) is 6.42 Å². The Hall–Kier alpha value is -2.23. The van der Waals surface area contributed by atoms with Gasteiger partial charge in [-0.2, -0.15) is 0 Å². The monoisotopic (exact) mass is 286 g/mol. The summed E-state index contributed by atoms with van der Waals surface area (Å²) in [6.45, 7) is 5.86.